The Morgan fingerprint density at radius 1 is 0.960 bits per heavy atom. The second-order valence-corrected chi connectivity index (χ2v) is 15.6. The van der Waals surface area contributed by atoms with Crippen LogP contribution in [0.4, 0.5) is 0 Å². The number of carbonyl (C=O) groups excluding carboxylic acids is 3. The third-order valence-electron chi connectivity index (χ3n) is 11.4. The van der Waals surface area contributed by atoms with Crippen molar-refractivity contribution in [2.24, 2.45) is 29.1 Å². The number of nitrogens with one attached hydrogen (secondary N) is 2. The molecular formula is C39H49BN4O6. The van der Waals surface area contributed by atoms with E-state index in [0.29, 0.717) is 24.7 Å². The van der Waals surface area contributed by atoms with Crippen LogP contribution in [0.2, 0.25) is 0 Å². The van der Waals surface area contributed by atoms with E-state index in [2.05, 4.69) is 55.2 Å². The fraction of sp³-hybridized carbons (Fsp3) is 0.513. The van der Waals surface area contributed by atoms with Crippen LogP contribution in [-0.2, 0) is 31.7 Å². The standard InChI is InChI=1S/C39H49BN4O6/c1-24(2)17-35(40-49-34-22-28-21-33(38(28,3)4)39(34,5)50-40)44-36(47)27(18-25-9-7-6-8-10-25)20-32(46)30(19-26-11-13-29(45)14-12-26)43-37(48)31-23-41-15-16-42-31/h6-16,23-24,27-28,30,33-35,45H,17-22H2,1-5H3,(H,43,48)(H,44,47)/t27-,28?,30+,33+,34?,35+,39+/m1/s1. The number of rotatable bonds is 14. The molecule has 10 nitrogen and oxygen atoms in total. The zero-order valence-corrected chi connectivity index (χ0v) is 29.7. The minimum absolute atomic E-state index is 0.0175. The Morgan fingerprint density at radius 3 is 2.34 bits per heavy atom. The third-order valence-corrected chi connectivity index (χ3v) is 11.4. The van der Waals surface area contributed by atoms with Crippen LogP contribution in [0.25, 0.3) is 0 Å². The third kappa shape index (κ3) is 7.64. The molecule has 3 saturated carbocycles. The molecule has 264 valence electrons. The molecule has 2 aromatic carbocycles. The van der Waals surface area contributed by atoms with Crippen LogP contribution in [0.5, 0.6) is 5.75 Å². The maximum atomic E-state index is 14.4. The van der Waals surface area contributed by atoms with Crippen molar-refractivity contribution in [3.8, 4) is 5.75 Å². The summed E-state index contributed by atoms with van der Waals surface area (Å²) < 4.78 is 13.4. The van der Waals surface area contributed by atoms with Crippen LogP contribution in [0.1, 0.15) is 81.9 Å². The molecule has 3 N–H and O–H groups in total. The quantitative estimate of drug-likeness (QED) is 0.199. The van der Waals surface area contributed by atoms with Crippen LogP contribution in [0, 0.1) is 29.1 Å². The summed E-state index contributed by atoms with van der Waals surface area (Å²) in [6.07, 6.45) is 7.34. The Morgan fingerprint density at radius 2 is 1.68 bits per heavy atom. The highest BCUT2D eigenvalue weighted by Gasteiger charge is 2.68. The molecule has 7 atom stereocenters. The monoisotopic (exact) mass is 680 g/mol. The van der Waals surface area contributed by atoms with E-state index in [-0.39, 0.29) is 53.4 Å². The van der Waals surface area contributed by atoms with Crippen LogP contribution in [0.3, 0.4) is 0 Å². The van der Waals surface area contributed by atoms with E-state index < -0.39 is 36.5 Å². The number of amides is 2. The maximum Gasteiger partial charge on any atom is 0.481 e. The first-order chi connectivity index (χ1) is 23.8. The van der Waals surface area contributed by atoms with Crippen molar-refractivity contribution < 1.29 is 28.8 Å². The molecule has 7 rings (SSSR count). The predicted molar refractivity (Wildman–Crippen MR) is 190 cm³/mol. The minimum Gasteiger partial charge on any atom is -0.508 e. The molecule has 3 aliphatic carbocycles. The molecule has 1 aliphatic heterocycles. The van der Waals surface area contributed by atoms with Crippen molar-refractivity contribution in [1.82, 2.24) is 20.6 Å². The number of phenolic OH excluding ortho intramolecular Hbond substituents is 1. The van der Waals surface area contributed by atoms with E-state index in [9.17, 15) is 19.5 Å². The second-order valence-electron chi connectivity index (χ2n) is 15.6. The molecule has 11 heteroatoms. The second kappa shape index (κ2) is 14.6. The van der Waals surface area contributed by atoms with E-state index in [4.69, 9.17) is 9.31 Å². The van der Waals surface area contributed by atoms with Gasteiger partial charge in [-0.15, -0.1) is 0 Å². The molecule has 1 saturated heterocycles. The van der Waals surface area contributed by atoms with E-state index in [1.54, 1.807) is 12.1 Å². The van der Waals surface area contributed by atoms with Gasteiger partial charge < -0.3 is 25.0 Å². The van der Waals surface area contributed by atoms with Crippen molar-refractivity contribution in [3.63, 3.8) is 0 Å². The van der Waals surface area contributed by atoms with Crippen LogP contribution < -0.4 is 10.6 Å². The highest BCUT2D eigenvalue weighted by Crippen LogP contribution is 2.65. The zero-order valence-electron chi connectivity index (χ0n) is 29.7. The SMILES string of the molecule is CC(C)C[C@H](NC(=O)[C@@H](CC(=O)[C@H](Cc1ccc(O)cc1)NC(=O)c1cnccn1)Cc1ccccc1)B1OC2CC3C[C@@H](C3(C)C)[C@]2(C)O1. The van der Waals surface area contributed by atoms with Crippen molar-refractivity contribution in [2.45, 2.75) is 96.8 Å². The fourth-order valence-corrected chi connectivity index (χ4v) is 8.42. The molecule has 0 radical (unpaired) electrons. The fourth-order valence-electron chi connectivity index (χ4n) is 8.42. The number of aromatic hydroxyl groups is 1. The Kier molecular flexibility index (Phi) is 10.5. The highest BCUT2D eigenvalue weighted by atomic mass is 16.7. The maximum absolute atomic E-state index is 14.4. The van der Waals surface area contributed by atoms with Gasteiger partial charge in [0, 0.05) is 24.7 Å². The Hall–Kier alpha value is -4.09. The number of benzene rings is 2. The van der Waals surface area contributed by atoms with E-state index in [1.165, 1.54) is 30.7 Å². The largest absolute Gasteiger partial charge is 0.508 e. The summed E-state index contributed by atoms with van der Waals surface area (Å²) in [4.78, 5) is 49.8. The van der Waals surface area contributed by atoms with Gasteiger partial charge in [-0.05, 0) is 85.5 Å². The summed E-state index contributed by atoms with van der Waals surface area (Å²) >= 11 is 0. The zero-order chi connectivity index (χ0) is 35.6. The normalized spacial score (nSPS) is 25.2. The summed E-state index contributed by atoms with van der Waals surface area (Å²) in [5.41, 5.74) is 1.53. The molecule has 3 aromatic rings. The molecular weight excluding hydrogens is 631 g/mol. The number of phenols is 1. The lowest BCUT2D eigenvalue weighted by molar-refractivity contribution is -0.199. The van der Waals surface area contributed by atoms with Gasteiger partial charge in [-0.1, -0.05) is 70.2 Å². The first kappa shape index (κ1) is 35.7. The smallest absolute Gasteiger partial charge is 0.481 e. The van der Waals surface area contributed by atoms with Crippen molar-refractivity contribution in [3.05, 3.63) is 90.0 Å². The minimum atomic E-state index is -0.953. The Balaban J connectivity index is 1.23. The van der Waals surface area contributed by atoms with Crippen molar-refractivity contribution in [2.75, 3.05) is 0 Å². The molecule has 4 fully saturated rings. The summed E-state index contributed by atoms with van der Waals surface area (Å²) in [5, 5.41) is 15.9. The molecule has 1 aromatic heterocycles. The summed E-state index contributed by atoms with van der Waals surface area (Å²) in [5.74, 6) is -0.851. The van der Waals surface area contributed by atoms with E-state index in [0.717, 1.165) is 24.0 Å². The number of hydrogen-bond donors (Lipinski definition) is 3. The molecule has 2 amide bonds. The number of aromatic nitrogens is 2. The molecule has 2 unspecified atom stereocenters. The number of ketones is 1. The highest BCUT2D eigenvalue weighted by molar-refractivity contribution is 6.47. The number of hydrogen-bond acceptors (Lipinski definition) is 8. The van der Waals surface area contributed by atoms with Crippen molar-refractivity contribution in [1.29, 1.82) is 0 Å². The molecule has 2 heterocycles. The van der Waals surface area contributed by atoms with Crippen LogP contribution in [-0.4, -0.2) is 63.5 Å². The summed E-state index contributed by atoms with van der Waals surface area (Å²) in [6, 6.07) is 15.2. The summed E-state index contributed by atoms with van der Waals surface area (Å²) in [7, 11) is -0.590. The van der Waals surface area contributed by atoms with Gasteiger partial charge in [0.15, 0.2) is 5.78 Å². The lowest BCUT2D eigenvalue weighted by atomic mass is 9.43. The van der Waals surface area contributed by atoms with Gasteiger partial charge in [0.25, 0.3) is 5.91 Å². The van der Waals surface area contributed by atoms with Crippen LogP contribution in [0.15, 0.2) is 73.2 Å². The molecule has 2 bridgehead atoms. The number of nitrogens with zero attached hydrogens (tertiary/aromatic N) is 2. The van der Waals surface area contributed by atoms with Crippen LogP contribution >= 0.6 is 0 Å². The molecule has 50 heavy (non-hydrogen) atoms. The van der Waals surface area contributed by atoms with Gasteiger partial charge in [-0.3, -0.25) is 19.4 Å². The predicted octanol–water partition coefficient (Wildman–Crippen LogP) is 5.14. The number of carbonyl (C=O) groups is 3. The Labute approximate surface area is 295 Å². The first-order valence-corrected chi connectivity index (χ1v) is 17.9. The first-order valence-electron chi connectivity index (χ1n) is 17.9. The van der Waals surface area contributed by atoms with Gasteiger partial charge in [0.1, 0.15) is 11.4 Å². The molecule has 4 aliphatic rings. The van der Waals surface area contributed by atoms with Gasteiger partial charge in [0.2, 0.25) is 5.91 Å². The lowest BCUT2D eigenvalue weighted by Gasteiger charge is -2.64. The topological polar surface area (TPSA) is 140 Å². The van der Waals surface area contributed by atoms with Gasteiger partial charge in [-0.25, -0.2) is 4.98 Å². The Bertz CT molecular complexity index is 1660. The average Bonchev–Trinajstić information content (AvgIpc) is 3.46. The van der Waals surface area contributed by atoms with E-state index in [1.807, 2.05) is 30.3 Å². The van der Waals surface area contributed by atoms with E-state index >= 15 is 0 Å². The lowest BCUT2D eigenvalue weighted by Crippen LogP contribution is -2.65. The summed E-state index contributed by atoms with van der Waals surface area (Å²) in [6.45, 7) is 11.1. The van der Waals surface area contributed by atoms with Crippen molar-refractivity contribution >= 4 is 24.7 Å². The van der Waals surface area contributed by atoms with Gasteiger partial charge in [0.05, 0.1) is 29.9 Å². The average molecular weight is 681 g/mol. The van der Waals surface area contributed by atoms with Gasteiger partial charge in [-0.2, -0.15) is 0 Å². The number of Topliss-reactive ketones (excluding diaryl/α,β-unsaturated/α-hetero) is 1. The molecule has 0 spiro atoms. The van der Waals surface area contributed by atoms with Gasteiger partial charge >= 0.3 is 7.12 Å².